The fourth-order valence-corrected chi connectivity index (χ4v) is 2.92. The van der Waals surface area contributed by atoms with Gasteiger partial charge in [-0.05, 0) is 43.3 Å². The zero-order valence-electron chi connectivity index (χ0n) is 12.0. The maximum atomic E-state index is 12.3. The number of aromatic nitrogens is 2. The van der Waals surface area contributed by atoms with Crippen LogP contribution in [0.15, 0.2) is 41.7 Å². The smallest absolute Gasteiger partial charge is 0.240 e. The molecular formula is C14H18N4O2S. The molecule has 0 aliphatic carbocycles. The van der Waals surface area contributed by atoms with E-state index < -0.39 is 10.0 Å². The highest BCUT2D eigenvalue weighted by molar-refractivity contribution is 7.89. The van der Waals surface area contributed by atoms with Crippen molar-refractivity contribution in [2.45, 2.75) is 24.9 Å². The molecule has 0 saturated carbocycles. The summed E-state index contributed by atoms with van der Waals surface area (Å²) >= 11 is 0. The lowest BCUT2D eigenvalue weighted by Crippen LogP contribution is -2.24. The predicted octanol–water partition coefficient (Wildman–Crippen LogP) is 0.983. The number of benzene rings is 1. The van der Waals surface area contributed by atoms with Crippen LogP contribution in [-0.4, -0.2) is 25.4 Å². The summed E-state index contributed by atoms with van der Waals surface area (Å²) in [5, 5.41) is 3.03. The third-order valence-electron chi connectivity index (χ3n) is 3.08. The van der Waals surface area contributed by atoms with Crippen LogP contribution in [0.1, 0.15) is 16.8 Å². The summed E-state index contributed by atoms with van der Waals surface area (Å²) in [5.41, 5.74) is 2.64. The normalized spacial score (nSPS) is 11.5. The molecule has 6 nitrogen and oxygen atoms in total. The van der Waals surface area contributed by atoms with Crippen LogP contribution in [0.25, 0.3) is 0 Å². The maximum absolute atomic E-state index is 12.3. The Balaban J connectivity index is 2.17. The summed E-state index contributed by atoms with van der Waals surface area (Å²) < 4.78 is 27.1. The summed E-state index contributed by atoms with van der Waals surface area (Å²) in [6.07, 6.45) is 2.97. The van der Waals surface area contributed by atoms with Crippen LogP contribution in [-0.2, 0) is 23.1 Å². The molecule has 2 rings (SSSR count). The van der Waals surface area contributed by atoms with Gasteiger partial charge in [-0.2, -0.15) is 0 Å². The first-order valence-electron chi connectivity index (χ1n) is 6.51. The van der Waals surface area contributed by atoms with Gasteiger partial charge in [0.15, 0.2) is 0 Å². The fraction of sp³-hybridized carbons (Fsp3) is 0.286. The molecule has 2 N–H and O–H groups in total. The van der Waals surface area contributed by atoms with Crippen molar-refractivity contribution in [1.82, 2.24) is 20.0 Å². The van der Waals surface area contributed by atoms with Crippen molar-refractivity contribution >= 4 is 10.0 Å². The molecule has 7 heteroatoms. The predicted molar refractivity (Wildman–Crippen MR) is 80.0 cm³/mol. The van der Waals surface area contributed by atoms with E-state index in [9.17, 15) is 8.42 Å². The van der Waals surface area contributed by atoms with Crippen LogP contribution in [0.2, 0.25) is 0 Å². The average Bonchev–Trinajstić information content (AvgIpc) is 2.49. The topological polar surface area (TPSA) is 84.0 Å². The minimum Gasteiger partial charge on any atom is -0.316 e. The molecule has 21 heavy (non-hydrogen) atoms. The van der Waals surface area contributed by atoms with Gasteiger partial charge in [-0.25, -0.2) is 23.1 Å². The lowest BCUT2D eigenvalue weighted by atomic mass is 10.1. The highest BCUT2D eigenvalue weighted by Crippen LogP contribution is 2.15. The van der Waals surface area contributed by atoms with Crippen molar-refractivity contribution in [3.8, 4) is 0 Å². The molecule has 0 spiro atoms. The van der Waals surface area contributed by atoms with Gasteiger partial charge in [-0.15, -0.1) is 0 Å². The Kier molecular flexibility index (Phi) is 5.00. The molecule has 1 aromatic carbocycles. The third kappa shape index (κ3) is 4.07. The molecule has 0 bridgehead atoms. The number of hydrogen-bond donors (Lipinski definition) is 2. The van der Waals surface area contributed by atoms with E-state index in [2.05, 4.69) is 20.0 Å². The molecule has 0 unspecified atom stereocenters. The first kappa shape index (κ1) is 15.6. The van der Waals surface area contributed by atoms with Crippen LogP contribution in [0, 0.1) is 6.92 Å². The maximum Gasteiger partial charge on any atom is 0.240 e. The van der Waals surface area contributed by atoms with E-state index in [0.29, 0.717) is 12.2 Å². The van der Waals surface area contributed by atoms with E-state index in [1.54, 1.807) is 24.4 Å². The molecule has 0 aliphatic heterocycles. The number of sulfonamides is 1. The first-order valence-corrected chi connectivity index (χ1v) is 8.00. The zero-order valence-corrected chi connectivity index (χ0v) is 12.8. The third-order valence-corrected chi connectivity index (χ3v) is 4.48. The van der Waals surface area contributed by atoms with Crippen molar-refractivity contribution in [2.75, 3.05) is 7.05 Å². The van der Waals surface area contributed by atoms with Crippen LogP contribution < -0.4 is 10.0 Å². The molecule has 1 heterocycles. The fourth-order valence-electron chi connectivity index (χ4n) is 1.87. The number of nitrogens with one attached hydrogen (secondary N) is 2. The molecule has 0 amide bonds. The molecular weight excluding hydrogens is 288 g/mol. The van der Waals surface area contributed by atoms with E-state index in [1.807, 2.05) is 20.0 Å². The van der Waals surface area contributed by atoms with E-state index in [0.717, 1.165) is 11.1 Å². The van der Waals surface area contributed by atoms with E-state index >= 15 is 0 Å². The Morgan fingerprint density at radius 3 is 2.67 bits per heavy atom. The molecule has 0 fully saturated rings. The number of hydrogen-bond acceptors (Lipinski definition) is 5. The highest BCUT2D eigenvalue weighted by Gasteiger charge is 2.15. The highest BCUT2D eigenvalue weighted by atomic mass is 32.2. The molecule has 0 atom stereocenters. The number of rotatable bonds is 6. The minimum atomic E-state index is -3.55. The molecule has 2 aromatic rings. The monoisotopic (exact) mass is 306 g/mol. The van der Waals surface area contributed by atoms with Gasteiger partial charge in [0.2, 0.25) is 10.0 Å². The second-order valence-electron chi connectivity index (χ2n) is 4.64. The quantitative estimate of drug-likeness (QED) is 0.831. The van der Waals surface area contributed by atoms with Gasteiger partial charge < -0.3 is 5.32 Å². The van der Waals surface area contributed by atoms with Gasteiger partial charge in [-0.3, -0.25) is 0 Å². The summed E-state index contributed by atoms with van der Waals surface area (Å²) in [6.45, 7) is 2.72. The van der Waals surface area contributed by atoms with Gasteiger partial charge in [0.05, 0.1) is 17.1 Å². The van der Waals surface area contributed by atoms with Crippen LogP contribution in [0.5, 0.6) is 0 Å². The van der Waals surface area contributed by atoms with Crippen molar-refractivity contribution in [1.29, 1.82) is 0 Å². The second kappa shape index (κ2) is 6.75. The number of nitrogens with zero attached hydrogens (tertiary/aromatic N) is 2. The van der Waals surface area contributed by atoms with Gasteiger partial charge >= 0.3 is 0 Å². The van der Waals surface area contributed by atoms with E-state index in [4.69, 9.17) is 0 Å². The van der Waals surface area contributed by atoms with Gasteiger partial charge in [-0.1, -0.05) is 6.07 Å². The van der Waals surface area contributed by atoms with Gasteiger partial charge in [0.1, 0.15) is 6.33 Å². The van der Waals surface area contributed by atoms with E-state index in [-0.39, 0.29) is 11.4 Å². The van der Waals surface area contributed by atoms with Crippen LogP contribution in [0.4, 0.5) is 0 Å². The molecule has 0 radical (unpaired) electrons. The van der Waals surface area contributed by atoms with Crippen molar-refractivity contribution in [3.63, 3.8) is 0 Å². The molecule has 0 aliphatic rings. The molecule has 1 aromatic heterocycles. The standard InChI is InChI=1S/C14H18N4O2S/c1-11-3-4-14(7-12(11)8-15-2)21(19,20)18-9-13-5-6-16-10-17-13/h3-7,10,15,18H,8-9H2,1-2H3. The summed E-state index contributed by atoms with van der Waals surface area (Å²) in [5.74, 6) is 0. The van der Waals surface area contributed by atoms with Crippen molar-refractivity contribution in [3.05, 3.63) is 53.6 Å². The Morgan fingerprint density at radius 1 is 1.19 bits per heavy atom. The van der Waals surface area contributed by atoms with Crippen molar-refractivity contribution in [2.24, 2.45) is 0 Å². The largest absolute Gasteiger partial charge is 0.316 e. The molecule has 112 valence electrons. The van der Waals surface area contributed by atoms with Crippen molar-refractivity contribution < 1.29 is 8.42 Å². The lowest BCUT2D eigenvalue weighted by molar-refractivity contribution is 0.580. The summed E-state index contributed by atoms with van der Waals surface area (Å²) in [7, 11) is -1.73. The minimum absolute atomic E-state index is 0.139. The Labute approximate surface area is 124 Å². The van der Waals surface area contributed by atoms with Gasteiger partial charge in [0, 0.05) is 12.7 Å². The zero-order chi connectivity index (χ0) is 15.3. The lowest BCUT2D eigenvalue weighted by Gasteiger charge is -2.10. The number of aryl methyl sites for hydroxylation is 1. The first-order chi connectivity index (χ1) is 10.0. The van der Waals surface area contributed by atoms with E-state index in [1.165, 1.54) is 6.33 Å². The summed E-state index contributed by atoms with van der Waals surface area (Å²) in [6, 6.07) is 6.78. The van der Waals surface area contributed by atoms with Gasteiger partial charge in [0.25, 0.3) is 0 Å². The second-order valence-corrected chi connectivity index (χ2v) is 6.41. The van der Waals surface area contributed by atoms with Crippen LogP contribution >= 0.6 is 0 Å². The Bertz CT molecular complexity index is 702. The Hall–Kier alpha value is -1.83. The average molecular weight is 306 g/mol. The SMILES string of the molecule is CNCc1cc(S(=O)(=O)NCc2ccncn2)ccc1C. The summed E-state index contributed by atoms with van der Waals surface area (Å²) in [4.78, 5) is 8.04. The Morgan fingerprint density at radius 2 is 2.00 bits per heavy atom. The van der Waals surface area contributed by atoms with Crippen LogP contribution in [0.3, 0.4) is 0 Å². The molecule has 0 saturated heterocycles.